The van der Waals surface area contributed by atoms with E-state index in [4.69, 9.17) is 9.47 Å². The summed E-state index contributed by atoms with van der Waals surface area (Å²) in [6.07, 6.45) is 3.57. The molecule has 7 nitrogen and oxygen atoms in total. The Morgan fingerprint density at radius 1 is 1.00 bits per heavy atom. The summed E-state index contributed by atoms with van der Waals surface area (Å²) in [6.45, 7) is 6.90. The van der Waals surface area contributed by atoms with Crippen LogP contribution in [0, 0.1) is 25.6 Å². The number of carboxylic acid groups (broad SMARTS) is 1. The van der Waals surface area contributed by atoms with Crippen LogP contribution in [0.4, 0.5) is 4.39 Å². The number of rotatable bonds is 7. The maximum atomic E-state index is 13.9. The minimum Gasteiger partial charge on any atom is -0.490 e. The van der Waals surface area contributed by atoms with E-state index in [9.17, 15) is 24.2 Å². The van der Waals surface area contributed by atoms with Gasteiger partial charge in [-0.15, -0.1) is 0 Å². The number of aromatic nitrogens is 1. The molecule has 0 amide bonds. The van der Waals surface area contributed by atoms with Crippen molar-refractivity contribution in [1.82, 2.24) is 4.57 Å². The molecule has 0 saturated heterocycles. The van der Waals surface area contributed by atoms with Gasteiger partial charge in [-0.2, -0.15) is 0 Å². The second-order valence-electron chi connectivity index (χ2n) is 10.7. The Labute approximate surface area is 221 Å². The minimum atomic E-state index is -1.15. The predicted octanol–water partition coefficient (Wildman–Crippen LogP) is 5.85. The van der Waals surface area contributed by atoms with E-state index in [2.05, 4.69) is 0 Å². The molecule has 3 aromatic rings. The Bertz CT molecular complexity index is 1390. The van der Waals surface area contributed by atoms with Crippen LogP contribution in [0.1, 0.15) is 56.2 Å². The van der Waals surface area contributed by atoms with Gasteiger partial charge in [-0.25, -0.2) is 4.39 Å². The number of ether oxygens (including phenoxy) is 2. The van der Waals surface area contributed by atoms with Gasteiger partial charge in [0.25, 0.3) is 5.56 Å². The Balaban J connectivity index is 1.81. The van der Waals surface area contributed by atoms with Crippen LogP contribution in [0.5, 0.6) is 17.2 Å². The number of benzene rings is 2. The topological polar surface area (TPSA) is 98.0 Å². The largest absolute Gasteiger partial charge is 0.490 e. The van der Waals surface area contributed by atoms with Crippen molar-refractivity contribution in [3.63, 3.8) is 0 Å². The van der Waals surface area contributed by atoms with Gasteiger partial charge >= 0.3 is 5.97 Å². The summed E-state index contributed by atoms with van der Waals surface area (Å²) in [5, 5.41) is 20.1. The summed E-state index contributed by atoms with van der Waals surface area (Å²) >= 11 is 0. The number of carboxylic acids is 1. The normalized spacial score (nSPS) is 17.8. The average molecular weight is 524 g/mol. The first-order chi connectivity index (χ1) is 17.8. The van der Waals surface area contributed by atoms with Crippen molar-refractivity contribution in [2.75, 3.05) is 0 Å². The molecule has 1 aliphatic rings. The number of carbonyl (C=O) groups is 1. The monoisotopic (exact) mass is 523 g/mol. The first kappa shape index (κ1) is 27.4. The van der Waals surface area contributed by atoms with Gasteiger partial charge in [0, 0.05) is 30.4 Å². The highest BCUT2D eigenvalue weighted by Gasteiger charge is 2.28. The summed E-state index contributed by atoms with van der Waals surface area (Å²) in [5.41, 5.74) is 1.68. The third kappa shape index (κ3) is 5.91. The molecule has 1 heterocycles. The zero-order valence-corrected chi connectivity index (χ0v) is 22.4. The third-order valence-corrected chi connectivity index (χ3v) is 7.12. The number of hydrogen-bond acceptors (Lipinski definition) is 5. The van der Waals surface area contributed by atoms with E-state index in [0.717, 1.165) is 0 Å². The first-order valence-electron chi connectivity index (χ1n) is 12.8. The Hall–Kier alpha value is -3.65. The highest BCUT2D eigenvalue weighted by atomic mass is 19.1. The molecule has 1 aromatic heterocycles. The van der Waals surface area contributed by atoms with Crippen LogP contribution >= 0.6 is 0 Å². The maximum absolute atomic E-state index is 13.9. The van der Waals surface area contributed by atoms with E-state index < -0.39 is 11.6 Å². The number of aliphatic carboxylic acids is 1. The smallest absolute Gasteiger partial charge is 0.306 e. The van der Waals surface area contributed by atoms with Crippen molar-refractivity contribution in [3.05, 3.63) is 75.5 Å². The molecule has 0 radical (unpaired) electrons. The van der Waals surface area contributed by atoms with Gasteiger partial charge in [-0.05, 0) is 94.3 Å². The highest BCUT2D eigenvalue weighted by molar-refractivity contribution is 5.76. The van der Waals surface area contributed by atoms with E-state index in [1.165, 1.54) is 22.8 Å². The first-order valence-corrected chi connectivity index (χ1v) is 12.8. The average Bonchev–Trinajstić information content (AvgIpc) is 2.83. The van der Waals surface area contributed by atoms with Crippen molar-refractivity contribution in [2.45, 2.75) is 65.1 Å². The number of hydrogen-bond donors (Lipinski definition) is 2. The molecule has 0 bridgehead atoms. The van der Waals surface area contributed by atoms with Gasteiger partial charge in [0.1, 0.15) is 23.1 Å². The molecule has 8 heteroatoms. The molecule has 1 aliphatic carbocycles. The molecule has 0 spiro atoms. The lowest BCUT2D eigenvalue weighted by Crippen LogP contribution is -2.28. The van der Waals surface area contributed by atoms with E-state index in [1.54, 1.807) is 59.1 Å². The zero-order chi connectivity index (χ0) is 27.8. The number of aliphatic hydroxyl groups is 1. The fourth-order valence-corrected chi connectivity index (χ4v) is 4.90. The second-order valence-corrected chi connectivity index (χ2v) is 10.7. The molecule has 0 atom stereocenters. The molecule has 1 saturated carbocycles. The quantitative estimate of drug-likeness (QED) is 0.403. The molecule has 202 valence electrons. The number of aryl methyl sites for hydroxylation is 3. The van der Waals surface area contributed by atoms with Gasteiger partial charge in [-0.1, -0.05) is 6.07 Å². The van der Waals surface area contributed by atoms with Crippen LogP contribution in [0.25, 0.3) is 11.1 Å². The summed E-state index contributed by atoms with van der Waals surface area (Å²) in [4.78, 5) is 24.0. The van der Waals surface area contributed by atoms with Gasteiger partial charge < -0.3 is 24.3 Å². The van der Waals surface area contributed by atoms with Gasteiger partial charge in [0.15, 0.2) is 0 Å². The van der Waals surface area contributed by atoms with E-state index in [-0.39, 0.29) is 23.4 Å². The van der Waals surface area contributed by atoms with Crippen molar-refractivity contribution in [1.29, 1.82) is 0 Å². The number of nitrogens with zero attached hydrogens (tertiary/aromatic N) is 1. The lowest BCUT2D eigenvalue weighted by Gasteiger charge is -2.28. The summed E-state index contributed by atoms with van der Waals surface area (Å²) in [6, 6.07) is 9.55. The van der Waals surface area contributed by atoms with Crippen LogP contribution in [-0.4, -0.2) is 26.9 Å². The molecular formula is C30H34FNO6. The molecule has 2 N–H and O–H groups in total. The Morgan fingerprint density at radius 3 is 2.21 bits per heavy atom. The van der Waals surface area contributed by atoms with Crippen LogP contribution in [0.2, 0.25) is 0 Å². The SMILES string of the molecule is Cc1cc(F)cc(C)c1Oc1ccc(C(C)(C)O)cc1-c1cn(C)c(=O)cc1OC1CCC(C(=O)O)CC1. The fourth-order valence-electron chi connectivity index (χ4n) is 4.90. The standard InChI is InChI=1S/C30H34FNO6/c1-17-12-21(31)13-18(2)28(17)38-25-11-8-20(30(3,4)36)14-23(25)24-16-32(5)27(33)15-26(24)37-22-9-6-19(7-10-22)29(34)35/h8,11-16,19,22,36H,6-7,9-10H2,1-5H3,(H,34,35). The molecule has 38 heavy (non-hydrogen) atoms. The molecule has 1 fully saturated rings. The summed E-state index contributed by atoms with van der Waals surface area (Å²) in [7, 11) is 1.64. The predicted molar refractivity (Wildman–Crippen MR) is 142 cm³/mol. The van der Waals surface area contributed by atoms with Crippen molar-refractivity contribution < 1.29 is 28.9 Å². The van der Waals surface area contributed by atoms with Crippen LogP contribution in [0.15, 0.2) is 47.4 Å². The van der Waals surface area contributed by atoms with Crippen LogP contribution in [0.3, 0.4) is 0 Å². The van der Waals surface area contributed by atoms with Crippen molar-refractivity contribution in [3.8, 4) is 28.4 Å². The third-order valence-electron chi connectivity index (χ3n) is 7.12. The molecule has 0 aliphatic heterocycles. The molecule has 2 aromatic carbocycles. The molecular weight excluding hydrogens is 489 g/mol. The maximum Gasteiger partial charge on any atom is 0.306 e. The molecule has 0 unspecified atom stereocenters. The lowest BCUT2D eigenvalue weighted by atomic mass is 9.87. The number of halogens is 1. The Kier molecular flexibility index (Phi) is 7.65. The lowest BCUT2D eigenvalue weighted by molar-refractivity contribution is -0.143. The van der Waals surface area contributed by atoms with Crippen molar-refractivity contribution in [2.24, 2.45) is 13.0 Å². The minimum absolute atomic E-state index is 0.236. The van der Waals surface area contributed by atoms with Crippen molar-refractivity contribution >= 4 is 5.97 Å². The van der Waals surface area contributed by atoms with Gasteiger partial charge in [0.05, 0.1) is 17.6 Å². The summed E-state index contributed by atoms with van der Waals surface area (Å²) < 4.78 is 28.1. The zero-order valence-electron chi connectivity index (χ0n) is 22.4. The van der Waals surface area contributed by atoms with Gasteiger partial charge in [-0.3, -0.25) is 9.59 Å². The summed E-state index contributed by atoms with van der Waals surface area (Å²) in [5.74, 6) is -0.205. The van der Waals surface area contributed by atoms with E-state index in [1.807, 2.05) is 0 Å². The van der Waals surface area contributed by atoms with E-state index in [0.29, 0.717) is 70.7 Å². The Morgan fingerprint density at radius 2 is 1.63 bits per heavy atom. The van der Waals surface area contributed by atoms with Gasteiger partial charge in [0.2, 0.25) is 0 Å². The second kappa shape index (κ2) is 10.6. The highest BCUT2D eigenvalue weighted by Crippen LogP contribution is 2.42. The van der Waals surface area contributed by atoms with Crippen LogP contribution in [-0.2, 0) is 17.4 Å². The van der Waals surface area contributed by atoms with Crippen LogP contribution < -0.4 is 15.0 Å². The molecule has 4 rings (SSSR count). The number of pyridine rings is 1. The fraction of sp³-hybridized carbons (Fsp3) is 0.400. The van der Waals surface area contributed by atoms with E-state index >= 15 is 0 Å².